The number of benzene rings is 1. The fraction of sp³-hybridized carbons (Fsp3) is 0.579. The van der Waals surface area contributed by atoms with E-state index in [0.717, 1.165) is 31.2 Å². The highest BCUT2D eigenvalue weighted by Crippen LogP contribution is 2.39. The second kappa shape index (κ2) is 8.71. The zero-order chi connectivity index (χ0) is 17.4. The number of ether oxygens (including phenoxy) is 2. The molecule has 2 rings (SSSR count). The van der Waals surface area contributed by atoms with Gasteiger partial charge >= 0.3 is 12.1 Å². The molecule has 0 aromatic heterocycles. The van der Waals surface area contributed by atoms with Gasteiger partial charge in [0.1, 0.15) is 5.75 Å². The molecule has 0 radical (unpaired) electrons. The predicted octanol–water partition coefficient (Wildman–Crippen LogP) is 3.99. The number of alkyl carbamates (subject to hydrolysis) is 1. The summed E-state index contributed by atoms with van der Waals surface area (Å²) in [5.74, 6) is 0.331. The normalized spacial score (nSPS) is 16.2. The molecule has 1 fully saturated rings. The molecule has 0 heterocycles. The molecule has 1 saturated carbocycles. The maximum absolute atomic E-state index is 12.4. The summed E-state index contributed by atoms with van der Waals surface area (Å²) in [6, 6.07) is 7.47. The summed E-state index contributed by atoms with van der Waals surface area (Å²) in [6.07, 6.45) is 5.05. The highest BCUT2D eigenvalue weighted by molar-refractivity contribution is 5.73. The molecular formula is C19H27NO4. The Balaban J connectivity index is 1.96. The molecule has 5 nitrogen and oxygen atoms in total. The lowest BCUT2D eigenvalue weighted by atomic mass is 9.71. The molecule has 0 saturated heterocycles. The summed E-state index contributed by atoms with van der Waals surface area (Å²) in [4.78, 5) is 24.0. The summed E-state index contributed by atoms with van der Waals surface area (Å²) >= 11 is 0. The molecule has 0 bridgehead atoms. The van der Waals surface area contributed by atoms with Crippen LogP contribution >= 0.6 is 0 Å². The zero-order valence-corrected chi connectivity index (χ0v) is 14.6. The maximum Gasteiger partial charge on any atom is 0.407 e. The number of nitrogens with one attached hydrogen (secondary N) is 1. The Morgan fingerprint density at radius 1 is 1.21 bits per heavy atom. The van der Waals surface area contributed by atoms with Crippen molar-refractivity contribution in [1.29, 1.82) is 0 Å². The van der Waals surface area contributed by atoms with Crippen LogP contribution in [0, 0.1) is 12.3 Å². The lowest BCUT2D eigenvalue weighted by Gasteiger charge is -2.36. The van der Waals surface area contributed by atoms with Gasteiger partial charge in [-0.15, -0.1) is 0 Å². The molecule has 1 aliphatic rings. The van der Waals surface area contributed by atoms with Crippen LogP contribution in [0.4, 0.5) is 4.79 Å². The number of amides is 1. The first-order valence-corrected chi connectivity index (χ1v) is 8.71. The van der Waals surface area contributed by atoms with Gasteiger partial charge in [0.2, 0.25) is 0 Å². The molecule has 1 aromatic carbocycles. The zero-order valence-electron chi connectivity index (χ0n) is 14.6. The third-order valence-corrected chi connectivity index (χ3v) is 4.54. The van der Waals surface area contributed by atoms with E-state index in [0.29, 0.717) is 25.3 Å². The SMILES string of the molecule is CCOC(=O)NCC1(CC(=O)Oc2cccc(C)c2)CCCCC1. The monoisotopic (exact) mass is 333 g/mol. The number of carbonyl (C=O) groups excluding carboxylic acids is 2. The molecule has 1 aromatic rings. The highest BCUT2D eigenvalue weighted by Gasteiger charge is 2.35. The van der Waals surface area contributed by atoms with E-state index in [2.05, 4.69) is 5.32 Å². The summed E-state index contributed by atoms with van der Waals surface area (Å²) in [5, 5.41) is 2.80. The molecule has 0 unspecified atom stereocenters. The molecule has 24 heavy (non-hydrogen) atoms. The standard InChI is InChI=1S/C19H27NO4/c1-3-23-18(22)20-14-19(10-5-4-6-11-19)13-17(21)24-16-9-7-8-15(2)12-16/h7-9,12H,3-6,10-11,13-14H2,1-2H3,(H,20,22). The van der Waals surface area contributed by atoms with Crippen molar-refractivity contribution in [3.63, 3.8) is 0 Å². The van der Waals surface area contributed by atoms with Gasteiger partial charge in [-0.05, 0) is 49.8 Å². The van der Waals surface area contributed by atoms with Crippen molar-refractivity contribution in [3.8, 4) is 5.75 Å². The van der Waals surface area contributed by atoms with Gasteiger partial charge in [0.05, 0.1) is 13.0 Å². The van der Waals surface area contributed by atoms with Gasteiger partial charge in [-0.1, -0.05) is 31.4 Å². The number of carbonyl (C=O) groups is 2. The van der Waals surface area contributed by atoms with Crippen LogP contribution in [0.25, 0.3) is 0 Å². The van der Waals surface area contributed by atoms with Crippen LogP contribution < -0.4 is 10.1 Å². The molecule has 5 heteroatoms. The summed E-state index contributed by atoms with van der Waals surface area (Å²) in [5.41, 5.74) is 0.822. The third-order valence-electron chi connectivity index (χ3n) is 4.54. The molecule has 1 N–H and O–H groups in total. The van der Waals surface area contributed by atoms with Crippen LogP contribution in [0.5, 0.6) is 5.75 Å². The molecule has 0 aliphatic heterocycles. The molecule has 1 amide bonds. The van der Waals surface area contributed by atoms with Crippen molar-refractivity contribution in [1.82, 2.24) is 5.32 Å². The second-order valence-corrected chi connectivity index (χ2v) is 6.60. The van der Waals surface area contributed by atoms with Crippen molar-refractivity contribution in [2.24, 2.45) is 5.41 Å². The molecule has 0 atom stereocenters. The maximum atomic E-state index is 12.4. The lowest BCUT2D eigenvalue weighted by molar-refractivity contribution is -0.137. The Kier molecular flexibility index (Phi) is 6.64. The Labute approximate surface area is 143 Å². The Bertz CT molecular complexity index is 564. The van der Waals surface area contributed by atoms with Crippen LogP contribution in [-0.4, -0.2) is 25.2 Å². The van der Waals surface area contributed by atoms with E-state index in [1.165, 1.54) is 6.42 Å². The number of aryl methyl sites for hydroxylation is 1. The lowest BCUT2D eigenvalue weighted by Crippen LogP contribution is -2.41. The minimum absolute atomic E-state index is 0.230. The topological polar surface area (TPSA) is 64.6 Å². The van der Waals surface area contributed by atoms with Gasteiger partial charge in [0, 0.05) is 6.54 Å². The smallest absolute Gasteiger partial charge is 0.407 e. The largest absolute Gasteiger partial charge is 0.450 e. The van der Waals surface area contributed by atoms with Gasteiger partial charge in [-0.3, -0.25) is 4.79 Å². The summed E-state index contributed by atoms with van der Waals surface area (Å²) in [6.45, 7) is 4.53. The molecular weight excluding hydrogens is 306 g/mol. The Morgan fingerprint density at radius 2 is 1.96 bits per heavy atom. The van der Waals surface area contributed by atoms with Crippen molar-refractivity contribution >= 4 is 12.1 Å². The van der Waals surface area contributed by atoms with Crippen LogP contribution in [0.1, 0.15) is 51.0 Å². The van der Waals surface area contributed by atoms with Crippen LogP contribution in [0.15, 0.2) is 24.3 Å². The van der Waals surface area contributed by atoms with Gasteiger partial charge in [-0.25, -0.2) is 4.79 Å². The van der Waals surface area contributed by atoms with Crippen LogP contribution in [0.3, 0.4) is 0 Å². The van der Waals surface area contributed by atoms with E-state index in [1.54, 1.807) is 13.0 Å². The molecule has 0 spiro atoms. The number of hydrogen-bond acceptors (Lipinski definition) is 4. The highest BCUT2D eigenvalue weighted by atomic mass is 16.5. The van der Waals surface area contributed by atoms with Crippen LogP contribution in [0.2, 0.25) is 0 Å². The van der Waals surface area contributed by atoms with Gasteiger partial charge in [0.25, 0.3) is 0 Å². The average molecular weight is 333 g/mol. The summed E-state index contributed by atoms with van der Waals surface area (Å²) in [7, 11) is 0. The summed E-state index contributed by atoms with van der Waals surface area (Å²) < 4.78 is 10.4. The van der Waals surface area contributed by atoms with Gasteiger partial charge < -0.3 is 14.8 Å². The second-order valence-electron chi connectivity index (χ2n) is 6.60. The average Bonchev–Trinajstić information content (AvgIpc) is 2.54. The van der Waals surface area contributed by atoms with E-state index in [4.69, 9.17) is 9.47 Å². The molecule has 132 valence electrons. The van der Waals surface area contributed by atoms with Gasteiger partial charge in [0.15, 0.2) is 0 Å². The van der Waals surface area contributed by atoms with E-state index in [-0.39, 0.29) is 11.4 Å². The quantitative estimate of drug-likeness (QED) is 0.631. The van der Waals surface area contributed by atoms with Crippen molar-refractivity contribution in [2.75, 3.05) is 13.2 Å². The van der Waals surface area contributed by atoms with Crippen molar-refractivity contribution in [3.05, 3.63) is 29.8 Å². The first kappa shape index (κ1) is 18.3. The number of rotatable bonds is 6. The van der Waals surface area contributed by atoms with Gasteiger partial charge in [-0.2, -0.15) is 0 Å². The number of hydrogen-bond donors (Lipinski definition) is 1. The molecule has 1 aliphatic carbocycles. The minimum Gasteiger partial charge on any atom is -0.450 e. The van der Waals surface area contributed by atoms with E-state index >= 15 is 0 Å². The van der Waals surface area contributed by atoms with Crippen LogP contribution in [-0.2, 0) is 9.53 Å². The van der Waals surface area contributed by atoms with Crippen molar-refractivity contribution in [2.45, 2.75) is 52.4 Å². The van der Waals surface area contributed by atoms with E-state index in [9.17, 15) is 9.59 Å². The minimum atomic E-state index is -0.422. The third kappa shape index (κ3) is 5.55. The fourth-order valence-corrected chi connectivity index (χ4v) is 3.31. The number of esters is 1. The fourth-order valence-electron chi connectivity index (χ4n) is 3.31. The van der Waals surface area contributed by atoms with E-state index in [1.807, 2.05) is 25.1 Å². The first-order valence-electron chi connectivity index (χ1n) is 8.71. The van der Waals surface area contributed by atoms with E-state index < -0.39 is 6.09 Å². The van der Waals surface area contributed by atoms with Crippen molar-refractivity contribution < 1.29 is 19.1 Å². The first-order chi connectivity index (χ1) is 11.5. The Hall–Kier alpha value is -2.04. The Morgan fingerprint density at radius 3 is 2.62 bits per heavy atom. The predicted molar refractivity (Wildman–Crippen MR) is 92.0 cm³/mol.